The first-order valence-electron chi connectivity index (χ1n) is 12.5. The number of hydrogen-bond donors (Lipinski definition) is 0. The van der Waals surface area contributed by atoms with Crippen molar-refractivity contribution in [3.05, 3.63) is 64.9 Å². The SMILES string of the molecule is CCOC(=O)c1cnc(N(C)Cc2cc3nc(N4CCOC(c5ccc(N(C)C)cc5)C4)ncc3s2)nc1. The van der Waals surface area contributed by atoms with Crippen molar-refractivity contribution in [1.82, 2.24) is 19.9 Å². The van der Waals surface area contributed by atoms with Crippen LogP contribution in [-0.4, -0.2) is 73.4 Å². The van der Waals surface area contributed by atoms with Gasteiger partial charge in [0.05, 0.1) is 48.3 Å². The van der Waals surface area contributed by atoms with Crippen molar-refractivity contribution in [2.45, 2.75) is 19.6 Å². The molecule has 3 aromatic heterocycles. The number of fused-ring (bicyclic) bond motifs is 1. The van der Waals surface area contributed by atoms with Crippen molar-refractivity contribution >= 4 is 45.1 Å². The minimum atomic E-state index is -0.422. The molecule has 0 spiro atoms. The highest BCUT2D eigenvalue weighted by molar-refractivity contribution is 7.19. The Labute approximate surface area is 225 Å². The van der Waals surface area contributed by atoms with Crippen LogP contribution < -0.4 is 14.7 Å². The van der Waals surface area contributed by atoms with Gasteiger partial charge in [0.25, 0.3) is 0 Å². The minimum Gasteiger partial charge on any atom is -0.462 e. The number of aromatic nitrogens is 4. The van der Waals surface area contributed by atoms with Crippen LogP contribution in [0.15, 0.2) is 48.9 Å². The Hall–Kier alpha value is -3.83. The zero-order chi connectivity index (χ0) is 26.6. The lowest BCUT2D eigenvalue weighted by Gasteiger charge is -2.33. The lowest BCUT2D eigenvalue weighted by Crippen LogP contribution is -2.39. The summed E-state index contributed by atoms with van der Waals surface area (Å²) >= 11 is 1.65. The number of benzene rings is 1. The van der Waals surface area contributed by atoms with Crippen LogP contribution in [0.25, 0.3) is 10.2 Å². The third-order valence-corrected chi connectivity index (χ3v) is 7.37. The Kier molecular flexibility index (Phi) is 7.66. The van der Waals surface area contributed by atoms with Gasteiger partial charge in [-0.25, -0.2) is 24.7 Å². The van der Waals surface area contributed by atoms with Gasteiger partial charge in [0.1, 0.15) is 6.10 Å². The molecule has 0 bridgehead atoms. The summed E-state index contributed by atoms with van der Waals surface area (Å²) in [5, 5.41) is 0. The van der Waals surface area contributed by atoms with E-state index in [1.54, 1.807) is 18.3 Å². The third-order valence-electron chi connectivity index (χ3n) is 6.32. The molecule has 4 heterocycles. The summed E-state index contributed by atoms with van der Waals surface area (Å²) in [6, 6.07) is 10.6. The number of rotatable bonds is 8. The van der Waals surface area contributed by atoms with E-state index in [0.717, 1.165) is 32.9 Å². The molecular formula is C27H31N7O3S. The Morgan fingerprint density at radius 2 is 1.89 bits per heavy atom. The molecule has 0 saturated carbocycles. The molecule has 1 aliphatic rings. The van der Waals surface area contributed by atoms with Crippen molar-refractivity contribution in [3.8, 4) is 0 Å². The zero-order valence-electron chi connectivity index (χ0n) is 22.0. The van der Waals surface area contributed by atoms with Crippen LogP contribution in [0.5, 0.6) is 0 Å². The molecule has 0 amide bonds. The molecular weight excluding hydrogens is 502 g/mol. The van der Waals surface area contributed by atoms with E-state index < -0.39 is 5.97 Å². The number of carbonyl (C=O) groups is 1. The highest BCUT2D eigenvalue weighted by atomic mass is 32.1. The summed E-state index contributed by atoms with van der Waals surface area (Å²) in [4.78, 5) is 37.4. The molecule has 10 nitrogen and oxygen atoms in total. The number of esters is 1. The van der Waals surface area contributed by atoms with Crippen molar-refractivity contribution in [1.29, 1.82) is 0 Å². The first-order chi connectivity index (χ1) is 18.4. The standard InChI is InChI=1S/C27H31N7O3S/c1-5-36-25(35)19-13-28-26(29-14-19)33(4)16-21-12-22-24(38-21)15-30-27(31-22)34-10-11-37-23(17-34)18-6-8-20(9-7-18)32(2)3/h6-9,12-15,23H,5,10-11,16-17H2,1-4H3. The lowest BCUT2D eigenvalue weighted by atomic mass is 10.1. The van der Waals surface area contributed by atoms with E-state index in [9.17, 15) is 4.79 Å². The molecule has 5 rings (SSSR count). The van der Waals surface area contributed by atoms with Crippen LogP contribution in [-0.2, 0) is 16.0 Å². The molecule has 11 heteroatoms. The Morgan fingerprint density at radius 1 is 1.13 bits per heavy atom. The largest absolute Gasteiger partial charge is 0.462 e. The summed E-state index contributed by atoms with van der Waals surface area (Å²) in [5.41, 5.74) is 3.57. The highest BCUT2D eigenvalue weighted by Crippen LogP contribution is 2.29. The smallest absolute Gasteiger partial charge is 0.341 e. The fourth-order valence-corrected chi connectivity index (χ4v) is 5.30. The number of morpholine rings is 1. The fourth-order valence-electron chi connectivity index (χ4n) is 4.27. The fraction of sp³-hybridized carbons (Fsp3) is 0.370. The minimum absolute atomic E-state index is 0.0267. The molecule has 0 aliphatic carbocycles. The van der Waals surface area contributed by atoms with Crippen LogP contribution in [0.4, 0.5) is 17.6 Å². The predicted octanol–water partition coefficient (Wildman–Crippen LogP) is 3.94. The number of nitrogens with zero attached hydrogens (tertiary/aromatic N) is 7. The normalized spacial score (nSPS) is 15.5. The predicted molar refractivity (Wildman–Crippen MR) is 149 cm³/mol. The third kappa shape index (κ3) is 5.68. The van der Waals surface area contributed by atoms with E-state index in [-0.39, 0.29) is 6.10 Å². The number of ether oxygens (including phenoxy) is 2. The first-order valence-corrected chi connectivity index (χ1v) is 13.3. The number of thiophene rings is 1. The van der Waals surface area contributed by atoms with Gasteiger partial charge in [-0.2, -0.15) is 0 Å². The Bertz CT molecular complexity index is 1390. The van der Waals surface area contributed by atoms with Gasteiger partial charge in [-0.3, -0.25) is 0 Å². The van der Waals surface area contributed by atoms with Gasteiger partial charge in [-0.1, -0.05) is 12.1 Å². The summed E-state index contributed by atoms with van der Waals surface area (Å²) < 4.78 is 12.1. The van der Waals surface area contributed by atoms with Gasteiger partial charge in [0, 0.05) is 50.6 Å². The number of carbonyl (C=O) groups excluding carboxylic acids is 1. The van der Waals surface area contributed by atoms with Crippen LogP contribution in [0.2, 0.25) is 0 Å². The molecule has 1 aliphatic heterocycles. The molecule has 0 N–H and O–H groups in total. The quantitative estimate of drug-likeness (QED) is 0.310. The molecule has 1 aromatic carbocycles. The average Bonchev–Trinajstić information content (AvgIpc) is 3.35. The number of hydrogen-bond acceptors (Lipinski definition) is 11. The van der Waals surface area contributed by atoms with Gasteiger partial charge in [-0.15, -0.1) is 11.3 Å². The highest BCUT2D eigenvalue weighted by Gasteiger charge is 2.24. The van der Waals surface area contributed by atoms with Crippen LogP contribution in [0.1, 0.15) is 33.8 Å². The second-order valence-corrected chi connectivity index (χ2v) is 10.4. The molecule has 38 heavy (non-hydrogen) atoms. The lowest BCUT2D eigenvalue weighted by molar-refractivity contribution is 0.0392. The Balaban J connectivity index is 1.26. The maximum absolute atomic E-state index is 11.8. The first kappa shape index (κ1) is 25.8. The zero-order valence-corrected chi connectivity index (χ0v) is 22.8. The maximum atomic E-state index is 11.8. The molecule has 0 radical (unpaired) electrons. The van der Waals surface area contributed by atoms with E-state index in [2.05, 4.69) is 55.1 Å². The van der Waals surface area contributed by atoms with Gasteiger partial charge in [-0.05, 0) is 30.7 Å². The summed E-state index contributed by atoms with van der Waals surface area (Å²) in [6.45, 7) is 4.76. The maximum Gasteiger partial charge on any atom is 0.341 e. The van der Waals surface area contributed by atoms with Gasteiger partial charge in [0.15, 0.2) is 0 Å². The molecule has 1 atom stereocenters. The number of anilines is 3. The van der Waals surface area contributed by atoms with Crippen molar-refractivity contribution < 1.29 is 14.3 Å². The van der Waals surface area contributed by atoms with Gasteiger partial charge < -0.3 is 24.2 Å². The summed E-state index contributed by atoms with van der Waals surface area (Å²) in [6.07, 6.45) is 4.85. The molecule has 1 unspecified atom stereocenters. The van der Waals surface area contributed by atoms with E-state index in [1.165, 1.54) is 12.4 Å². The van der Waals surface area contributed by atoms with Crippen LogP contribution in [0, 0.1) is 0 Å². The topological polar surface area (TPSA) is 96.8 Å². The molecule has 198 valence electrons. The van der Waals surface area contributed by atoms with E-state index in [0.29, 0.717) is 43.8 Å². The molecule has 1 fully saturated rings. The van der Waals surface area contributed by atoms with Crippen molar-refractivity contribution in [3.63, 3.8) is 0 Å². The van der Waals surface area contributed by atoms with E-state index in [1.807, 2.05) is 32.2 Å². The van der Waals surface area contributed by atoms with E-state index >= 15 is 0 Å². The van der Waals surface area contributed by atoms with Gasteiger partial charge >= 0.3 is 5.97 Å². The average molecular weight is 534 g/mol. The molecule has 4 aromatic rings. The van der Waals surface area contributed by atoms with Crippen molar-refractivity contribution in [2.75, 3.05) is 62.1 Å². The molecule has 1 saturated heterocycles. The monoisotopic (exact) mass is 533 g/mol. The van der Waals surface area contributed by atoms with Crippen molar-refractivity contribution in [2.24, 2.45) is 0 Å². The van der Waals surface area contributed by atoms with E-state index in [4.69, 9.17) is 14.5 Å². The summed E-state index contributed by atoms with van der Waals surface area (Å²) in [7, 11) is 5.99. The van der Waals surface area contributed by atoms with Gasteiger partial charge in [0.2, 0.25) is 11.9 Å². The van der Waals surface area contributed by atoms with Crippen LogP contribution in [0.3, 0.4) is 0 Å². The Morgan fingerprint density at radius 3 is 2.61 bits per heavy atom. The second-order valence-electron chi connectivity index (χ2n) is 9.27. The second kappa shape index (κ2) is 11.3. The summed E-state index contributed by atoms with van der Waals surface area (Å²) in [5.74, 6) is 0.820. The van der Waals surface area contributed by atoms with Crippen LogP contribution >= 0.6 is 11.3 Å².